The van der Waals surface area contributed by atoms with E-state index < -0.39 is 0 Å². The van der Waals surface area contributed by atoms with Gasteiger partial charge in [0.15, 0.2) is 0 Å². The quantitative estimate of drug-likeness (QED) is 0.234. The Kier molecular flexibility index (Phi) is 6.76. The fourth-order valence-electron chi connectivity index (χ4n) is 5.00. The molecule has 0 spiro atoms. The van der Waals surface area contributed by atoms with Gasteiger partial charge in [0.2, 0.25) is 0 Å². The second kappa shape index (κ2) is 11.3. The average molecular weight is 543 g/mol. The highest BCUT2D eigenvalue weighted by molar-refractivity contribution is 6.14. The van der Waals surface area contributed by atoms with Gasteiger partial charge in [-0.25, -0.2) is 0 Å². The van der Waals surface area contributed by atoms with E-state index in [1.165, 1.54) is 0 Å². The molecule has 1 aliphatic heterocycles. The molecule has 0 amide bonds. The number of benzene rings is 3. The molecule has 0 bridgehead atoms. The van der Waals surface area contributed by atoms with Crippen LogP contribution in [-0.2, 0) is 0 Å². The van der Waals surface area contributed by atoms with E-state index in [0.717, 1.165) is 61.6 Å². The van der Waals surface area contributed by atoms with E-state index in [1.807, 2.05) is 48.0 Å². The molecule has 0 saturated carbocycles. The topological polar surface area (TPSA) is 66.3 Å². The highest BCUT2D eigenvalue weighted by Gasteiger charge is 2.19. The van der Waals surface area contributed by atoms with Crippen LogP contribution in [0.1, 0.15) is 11.1 Å². The van der Waals surface area contributed by atoms with Crippen molar-refractivity contribution in [2.24, 2.45) is 5.10 Å². The van der Waals surface area contributed by atoms with Crippen molar-refractivity contribution in [3.8, 4) is 33.4 Å². The zero-order valence-electron chi connectivity index (χ0n) is 22.7. The molecule has 0 fully saturated rings. The van der Waals surface area contributed by atoms with Crippen LogP contribution in [0.15, 0.2) is 158 Å². The van der Waals surface area contributed by atoms with E-state index in [2.05, 4.69) is 111 Å². The number of nitrogens with zero attached hydrogens (tertiary/aromatic N) is 5. The predicted molar refractivity (Wildman–Crippen MR) is 169 cm³/mol. The van der Waals surface area contributed by atoms with Gasteiger partial charge < -0.3 is 0 Å². The maximum Gasteiger partial charge on any atom is 0.0950 e. The Bertz CT molecular complexity index is 1900. The van der Waals surface area contributed by atoms with Crippen molar-refractivity contribution in [2.45, 2.75) is 0 Å². The van der Waals surface area contributed by atoms with Crippen molar-refractivity contribution in [1.29, 1.82) is 0 Å². The summed E-state index contributed by atoms with van der Waals surface area (Å²) >= 11 is 0. The van der Waals surface area contributed by atoms with Crippen LogP contribution in [0.3, 0.4) is 0 Å². The van der Waals surface area contributed by atoms with Gasteiger partial charge in [0, 0.05) is 65.0 Å². The maximum absolute atomic E-state index is 5.07. The lowest BCUT2D eigenvalue weighted by Gasteiger charge is -2.28. The summed E-state index contributed by atoms with van der Waals surface area (Å²) in [6.45, 7) is 0. The summed E-state index contributed by atoms with van der Waals surface area (Å²) in [5, 5.41) is 6.91. The van der Waals surface area contributed by atoms with E-state index in [0.29, 0.717) is 0 Å². The van der Waals surface area contributed by atoms with Crippen LogP contribution < -0.4 is 10.5 Å². The third-order valence-electron chi connectivity index (χ3n) is 7.12. The van der Waals surface area contributed by atoms with E-state index in [-0.39, 0.29) is 0 Å². The summed E-state index contributed by atoms with van der Waals surface area (Å²) in [6.07, 6.45) is 13.1. The van der Waals surface area contributed by atoms with Crippen molar-refractivity contribution >= 4 is 17.1 Å². The van der Waals surface area contributed by atoms with Crippen molar-refractivity contribution in [2.75, 3.05) is 5.12 Å². The molecule has 6 nitrogen and oxygen atoms in total. The van der Waals surface area contributed by atoms with Gasteiger partial charge in [-0.05, 0) is 65.2 Å². The Morgan fingerprint density at radius 2 is 0.929 bits per heavy atom. The highest BCUT2D eigenvalue weighted by atomic mass is 15.7. The molecule has 200 valence electrons. The molecular weight excluding hydrogens is 516 g/mol. The minimum atomic E-state index is 0.841. The van der Waals surface area contributed by atoms with Gasteiger partial charge in [0.05, 0.1) is 17.1 Å². The molecule has 1 aliphatic rings. The third kappa shape index (κ3) is 5.29. The van der Waals surface area contributed by atoms with E-state index in [4.69, 9.17) is 5.10 Å². The van der Waals surface area contributed by atoms with E-state index >= 15 is 0 Å². The first kappa shape index (κ1) is 25.1. The Morgan fingerprint density at radius 1 is 0.452 bits per heavy atom. The van der Waals surface area contributed by atoms with Crippen LogP contribution in [0, 0.1) is 0 Å². The lowest BCUT2D eigenvalue weighted by molar-refractivity contribution is 0.787. The third-order valence-corrected chi connectivity index (χ3v) is 7.12. The Hall–Kier alpha value is -5.88. The summed E-state index contributed by atoms with van der Waals surface area (Å²) in [5.74, 6) is 0. The van der Waals surface area contributed by atoms with Gasteiger partial charge in [-0.15, -0.1) is 0 Å². The number of allylic oxidation sites excluding steroid dienone is 1. The first-order valence-electron chi connectivity index (χ1n) is 13.7. The predicted octanol–water partition coefficient (Wildman–Crippen LogP) is 7.64. The SMILES string of the molecule is C1=C(c2cccc(-c3cccnc3)c2)NN(c2cccc(-c3cccnc3)c2)N=C1c1cccc(-c2cccnc2)c1. The van der Waals surface area contributed by atoms with Crippen LogP contribution in [0.2, 0.25) is 0 Å². The van der Waals surface area contributed by atoms with Crippen molar-refractivity contribution in [1.82, 2.24) is 20.4 Å². The Labute approximate surface area is 244 Å². The molecule has 7 rings (SSSR count). The monoisotopic (exact) mass is 542 g/mol. The number of hydrazone groups is 1. The molecule has 3 aromatic carbocycles. The second-order valence-electron chi connectivity index (χ2n) is 9.90. The van der Waals surface area contributed by atoms with Gasteiger partial charge in [-0.2, -0.15) is 10.2 Å². The number of hydrazine groups is 1. The molecule has 42 heavy (non-hydrogen) atoms. The van der Waals surface area contributed by atoms with Crippen LogP contribution >= 0.6 is 0 Å². The normalized spacial score (nSPS) is 12.7. The van der Waals surface area contributed by atoms with Crippen LogP contribution in [0.5, 0.6) is 0 Å². The van der Waals surface area contributed by atoms with Crippen molar-refractivity contribution in [3.63, 3.8) is 0 Å². The minimum Gasteiger partial charge on any atom is -0.277 e. The highest BCUT2D eigenvalue weighted by Crippen LogP contribution is 2.29. The number of aromatic nitrogens is 3. The number of anilines is 1. The molecule has 0 saturated heterocycles. The van der Waals surface area contributed by atoms with E-state index in [1.54, 1.807) is 18.6 Å². The number of hydrogen-bond donors (Lipinski definition) is 1. The first-order valence-corrected chi connectivity index (χ1v) is 13.7. The zero-order valence-corrected chi connectivity index (χ0v) is 22.7. The summed E-state index contributed by atoms with van der Waals surface area (Å²) in [4.78, 5) is 12.9. The van der Waals surface area contributed by atoms with Crippen molar-refractivity contribution < 1.29 is 0 Å². The molecule has 0 unspecified atom stereocenters. The van der Waals surface area contributed by atoms with Gasteiger partial charge in [-0.1, -0.05) is 66.7 Å². The Balaban J connectivity index is 1.32. The molecule has 0 atom stereocenters. The number of nitrogens with one attached hydrogen (secondary N) is 1. The smallest absolute Gasteiger partial charge is 0.0950 e. The summed E-state index contributed by atoms with van der Waals surface area (Å²) < 4.78 is 0. The molecule has 0 aliphatic carbocycles. The van der Waals surface area contributed by atoms with Gasteiger partial charge in [-0.3, -0.25) is 20.4 Å². The number of rotatable bonds is 6. The number of pyridine rings is 3. The lowest BCUT2D eigenvalue weighted by Crippen LogP contribution is -2.36. The fourth-order valence-corrected chi connectivity index (χ4v) is 5.00. The van der Waals surface area contributed by atoms with Crippen LogP contribution in [-0.4, -0.2) is 20.7 Å². The Morgan fingerprint density at radius 3 is 1.50 bits per heavy atom. The lowest BCUT2D eigenvalue weighted by atomic mass is 9.99. The van der Waals surface area contributed by atoms with Gasteiger partial charge in [0.25, 0.3) is 0 Å². The van der Waals surface area contributed by atoms with E-state index in [9.17, 15) is 0 Å². The van der Waals surface area contributed by atoms with Gasteiger partial charge >= 0.3 is 0 Å². The standard InChI is InChI=1S/C36H26N6/c1-7-26(31-12-4-16-37-23-31)19-29(10-1)35-22-36(30-11-2-8-27(20-30)32-13-5-17-38-24-32)41-42(40-35)34-15-3-9-28(21-34)33-14-6-18-39-25-33/h1-25,40H. The molecule has 3 aromatic heterocycles. The number of hydrogen-bond acceptors (Lipinski definition) is 6. The molecule has 6 heteroatoms. The molecule has 6 aromatic rings. The zero-order chi connectivity index (χ0) is 28.1. The summed E-state index contributed by atoms with van der Waals surface area (Å²) in [5.41, 5.74) is 14.7. The largest absolute Gasteiger partial charge is 0.277 e. The minimum absolute atomic E-state index is 0.841. The maximum atomic E-state index is 5.07. The molecular formula is C36H26N6. The van der Waals surface area contributed by atoms with Crippen LogP contribution in [0.4, 0.5) is 5.69 Å². The van der Waals surface area contributed by atoms with Crippen LogP contribution in [0.25, 0.3) is 39.1 Å². The fraction of sp³-hybridized carbons (Fsp3) is 0. The van der Waals surface area contributed by atoms with Crippen molar-refractivity contribution in [3.05, 3.63) is 164 Å². The molecule has 1 N–H and O–H groups in total. The second-order valence-corrected chi connectivity index (χ2v) is 9.90. The molecule has 0 radical (unpaired) electrons. The molecule has 4 heterocycles. The first-order chi connectivity index (χ1) is 20.8. The average Bonchev–Trinajstić information content (AvgIpc) is 3.09. The summed E-state index contributed by atoms with van der Waals surface area (Å²) in [7, 11) is 0. The van der Waals surface area contributed by atoms with Gasteiger partial charge in [0.1, 0.15) is 0 Å². The summed E-state index contributed by atoms with van der Waals surface area (Å²) in [6, 6.07) is 37.2.